The molecule has 0 fully saturated rings. The molecule has 0 aliphatic carbocycles. The maximum atomic E-state index is 4.23. The quantitative estimate of drug-likeness (QED) is 0.586. The van der Waals surface area contributed by atoms with Crippen molar-refractivity contribution in [3.8, 4) is 0 Å². The predicted molar refractivity (Wildman–Crippen MR) is 51.4 cm³/mol. The summed E-state index contributed by atoms with van der Waals surface area (Å²) >= 11 is 0. The lowest BCUT2D eigenvalue weighted by Gasteiger charge is -2.28. The first-order valence-corrected chi connectivity index (χ1v) is 4.24. The minimum absolute atomic E-state index is 0.792. The monoisotopic (exact) mass is 172 g/mol. The summed E-state index contributed by atoms with van der Waals surface area (Å²) in [4.78, 5) is 14.8. The second-order valence-corrected chi connectivity index (χ2v) is 3.05. The molecule has 0 unspecified atom stereocenters. The molecule has 1 aromatic heterocycles. The normalized spacial score (nSPS) is 17.4. The van der Waals surface area contributed by atoms with Crippen LogP contribution in [-0.2, 0) is 0 Å². The van der Waals surface area contributed by atoms with Crippen LogP contribution >= 0.6 is 0 Å². The average Bonchev–Trinajstić information content (AvgIpc) is 2.19. The van der Waals surface area contributed by atoms with E-state index in [0.717, 1.165) is 30.3 Å². The van der Waals surface area contributed by atoms with E-state index in [0.29, 0.717) is 0 Å². The van der Waals surface area contributed by atoms with Crippen molar-refractivity contribution in [3.05, 3.63) is 18.1 Å². The van der Waals surface area contributed by atoms with E-state index in [1.165, 1.54) is 0 Å². The lowest BCUT2D eigenvalue weighted by atomic mass is 10.2. The van der Waals surface area contributed by atoms with Gasteiger partial charge < -0.3 is 4.90 Å². The summed E-state index contributed by atoms with van der Waals surface area (Å²) in [6.45, 7) is 1.79. The van der Waals surface area contributed by atoms with E-state index in [1.54, 1.807) is 6.33 Å². The zero-order valence-corrected chi connectivity index (χ0v) is 7.01. The van der Waals surface area contributed by atoms with Crippen LogP contribution in [-0.4, -0.2) is 29.3 Å². The van der Waals surface area contributed by atoms with Crippen molar-refractivity contribution in [2.45, 2.75) is 0 Å². The van der Waals surface area contributed by atoms with Crippen molar-refractivity contribution >= 4 is 23.8 Å². The first-order chi connectivity index (χ1) is 6.45. The van der Waals surface area contributed by atoms with E-state index in [9.17, 15) is 0 Å². The third-order valence-corrected chi connectivity index (χ3v) is 2.26. The Balaban J connectivity index is 2.31. The van der Waals surface area contributed by atoms with Gasteiger partial charge in [0.15, 0.2) is 5.82 Å². The maximum absolute atomic E-state index is 4.23. The van der Waals surface area contributed by atoms with Gasteiger partial charge in [0.1, 0.15) is 12.0 Å². The SMILES string of the molecule is C1=Cc2ncnc3c2N(C1)CC=N3. The van der Waals surface area contributed by atoms with Crippen molar-refractivity contribution in [1.29, 1.82) is 0 Å². The first-order valence-electron chi connectivity index (χ1n) is 4.24. The minimum atomic E-state index is 0.792. The number of hydrogen-bond donors (Lipinski definition) is 0. The summed E-state index contributed by atoms with van der Waals surface area (Å²) in [6, 6.07) is 0. The standard InChI is InChI=1S/C9H8N4/c1-2-7-8-9(12-6-11-7)10-3-5-13(8)4-1/h1-3,6H,4-5H2. The molecule has 0 bridgehead atoms. The maximum Gasteiger partial charge on any atom is 0.179 e. The van der Waals surface area contributed by atoms with Crippen molar-refractivity contribution in [3.63, 3.8) is 0 Å². The Morgan fingerprint density at radius 2 is 2.23 bits per heavy atom. The highest BCUT2D eigenvalue weighted by Gasteiger charge is 2.20. The molecule has 3 rings (SSSR count). The Morgan fingerprint density at radius 1 is 1.23 bits per heavy atom. The second-order valence-electron chi connectivity index (χ2n) is 3.05. The van der Waals surface area contributed by atoms with Gasteiger partial charge in [0.2, 0.25) is 0 Å². The van der Waals surface area contributed by atoms with Gasteiger partial charge in [0.25, 0.3) is 0 Å². The summed E-state index contributed by atoms with van der Waals surface area (Å²) in [5, 5.41) is 0. The fourth-order valence-corrected chi connectivity index (χ4v) is 1.68. The predicted octanol–water partition coefficient (Wildman–Crippen LogP) is 1.03. The van der Waals surface area contributed by atoms with E-state index in [2.05, 4.69) is 25.9 Å². The van der Waals surface area contributed by atoms with Crippen LogP contribution in [0.5, 0.6) is 0 Å². The molecule has 0 aromatic carbocycles. The third kappa shape index (κ3) is 0.884. The molecule has 0 radical (unpaired) electrons. The molecular formula is C9H8N4. The van der Waals surface area contributed by atoms with E-state index in [1.807, 2.05) is 12.3 Å². The smallest absolute Gasteiger partial charge is 0.179 e. The van der Waals surface area contributed by atoms with Gasteiger partial charge in [-0.05, 0) is 6.08 Å². The van der Waals surface area contributed by atoms with Crippen LogP contribution < -0.4 is 4.90 Å². The lowest BCUT2D eigenvalue weighted by molar-refractivity contribution is 0.930. The van der Waals surface area contributed by atoms with Crippen molar-refractivity contribution in [2.75, 3.05) is 18.0 Å². The summed E-state index contributed by atoms with van der Waals surface area (Å²) in [7, 11) is 0. The highest BCUT2D eigenvalue weighted by atomic mass is 15.2. The van der Waals surface area contributed by atoms with Crippen molar-refractivity contribution < 1.29 is 0 Å². The largest absolute Gasteiger partial charge is 0.358 e. The van der Waals surface area contributed by atoms with Crippen molar-refractivity contribution in [2.24, 2.45) is 4.99 Å². The van der Waals surface area contributed by atoms with Crippen LogP contribution in [0, 0.1) is 0 Å². The Hall–Kier alpha value is -1.71. The number of nitrogens with zero attached hydrogens (tertiary/aromatic N) is 4. The highest BCUT2D eigenvalue weighted by molar-refractivity contribution is 5.85. The Labute approximate surface area is 75.6 Å². The van der Waals surface area contributed by atoms with Crippen LogP contribution in [0.1, 0.15) is 5.69 Å². The van der Waals surface area contributed by atoms with Crippen LogP contribution in [0.3, 0.4) is 0 Å². The van der Waals surface area contributed by atoms with Crippen LogP contribution in [0.4, 0.5) is 11.5 Å². The van der Waals surface area contributed by atoms with E-state index in [4.69, 9.17) is 0 Å². The Kier molecular flexibility index (Phi) is 1.24. The van der Waals surface area contributed by atoms with Gasteiger partial charge in [-0.15, -0.1) is 0 Å². The van der Waals surface area contributed by atoms with Gasteiger partial charge >= 0.3 is 0 Å². The summed E-state index contributed by atoms with van der Waals surface area (Å²) < 4.78 is 0. The molecule has 4 heteroatoms. The van der Waals surface area contributed by atoms with Gasteiger partial charge in [0, 0.05) is 12.8 Å². The lowest BCUT2D eigenvalue weighted by Crippen LogP contribution is -2.30. The molecule has 0 spiro atoms. The average molecular weight is 172 g/mol. The highest BCUT2D eigenvalue weighted by Crippen LogP contribution is 2.33. The molecule has 1 aromatic rings. The third-order valence-electron chi connectivity index (χ3n) is 2.26. The van der Waals surface area contributed by atoms with Crippen molar-refractivity contribution in [1.82, 2.24) is 9.97 Å². The minimum Gasteiger partial charge on any atom is -0.358 e. The number of hydrogen-bond acceptors (Lipinski definition) is 4. The Morgan fingerprint density at radius 3 is 3.23 bits per heavy atom. The fourth-order valence-electron chi connectivity index (χ4n) is 1.68. The van der Waals surface area contributed by atoms with Crippen LogP contribution in [0.15, 0.2) is 17.4 Å². The van der Waals surface area contributed by atoms with Gasteiger partial charge in [0.05, 0.1) is 12.2 Å². The molecule has 64 valence electrons. The molecule has 0 atom stereocenters. The molecule has 13 heavy (non-hydrogen) atoms. The molecule has 0 saturated carbocycles. The summed E-state index contributed by atoms with van der Waals surface area (Å²) in [6.07, 6.45) is 7.58. The van der Waals surface area contributed by atoms with Gasteiger partial charge in [-0.1, -0.05) is 6.08 Å². The molecule has 4 nitrogen and oxygen atoms in total. The fraction of sp³-hybridized carbons (Fsp3) is 0.222. The molecule has 0 N–H and O–H groups in total. The summed E-state index contributed by atoms with van der Waals surface area (Å²) in [5.41, 5.74) is 2.06. The Bertz CT molecular complexity index is 374. The molecule has 0 saturated heterocycles. The number of rotatable bonds is 0. The summed E-state index contributed by atoms with van der Waals surface area (Å²) in [5.74, 6) is 0.792. The van der Waals surface area contributed by atoms with E-state index in [-0.39, 0.29) is 0 Å². The molecule has 2 aliphatic heterocycles. The molecule has 2 aliphatic rings. The number of aromatic nitrogens is 2. The molecule has 3 heterocycles. The first kappa shape index (κ1) is 6.77. The van der Waals surface area contributed by atoms with Crippen LogP contribution in [0.2, 0.25) is 0 Å². The van der Waals surface area contributed by atoms with Gasteiger partial charge in [-0.3, -0.25) is 0 Å². The number of aliphatic imine (C=N–C) groups is 1. The zero-order chi connectivity index (χ0) is 8.67. The van der Waals surface area contributed by atoms with Gasteiger partial charge in [-0.25, -0.2) is 15.0 Å². The van der Waals surface area contributed by atoms with Gasteiger partial charge in [-0.2, -0.15) is 0 Å². The van der Waals surface area contributed by atoms with E-state index >= 15 is 0 Å². The van der Waals surface area contributed by atoms with Crippen LogP contribution in [0.25, 0.3) is 6.08 Å². The van der Waals surface area contributed by atoms with E-state index < -0.39 is 0 Å². The topological polar surface area (TPSA) is 41.4 Å². The zero-order valence-electron chi connectivity index (χ0n) is 7.01. The second kappa shape index (κ2) is 2.39. The number of anilines is 1. The molecular weight excluding hydrogens is 164 g/mol. The molecule has 0 amide bonds.